The van der Waals surface area contributed by atoms with Crippen LogP contribution in [0.25, 0.3) is 33.5 Å². The molecule has 3 saturated carbocycles. The third-order valence-corrected chi connectivity index (χ3v) is 8.00. The normalized spacial score (nSPS) is 22.8. The zero-order chi connectivity index (χ0) is 27.5. The fourth-order valence-electron chi connectivity index (χ4n) is 6.26. The number of nitrogens with zero attached hydrogens (tertiary/aromatic N) is 2. The Bertz CT molecular complexity index is 1580. The van der Waals surface area contributed by atoms with E-state index in [1.165, 1.54) is 30.5 Å². The van der Waals surface area contributed by atoms with Crippen molar-refractivity contribution in [3.63, 3.8) is 0 Å². The van der Waals surface area contributed by atoms with Gasteiger partial charge in [0.2, 0.25) is 0 Å². The molecule has 0 radical (unpaired) electrons. The number of alkyl halides is 3. The SMILES string of the molecule is O=C(O)C1C2CCC(CC2)C1Nc1cc(-c2ccccc2C(F)(F)F)nc(-c2c[nH]c3c(F)cc(F)cc23)n1. The summed E-state index contributed by atoms with van der Waals surface area (Å²) in [5.41, 5.74) is -0.973. The van der Waals surface area contributed by atoms with E-state index in [9.17, 15) is 31.9 Å². The number of fused-ring (bicyclic) bond motifs is 4. The van der Waals surface area contributed by atoms with Crippen molar-refractivity contribution in [1.29, 1.82) is 0 Å². The van der Waals surface area contributed by atoms with Gasteiger partial charge in [0.25, 0.3) is 0 Å². The second kappa shape index (κ2) is 9.32. The third kappa shape index (κ3) is 4.49. The van der Waals surface area contributed by atoms with E-state index in [2.05, 4.69) is 20.3 Å². The number of carbonyl (C=O) groups is 1. The molecule has 0 spiro atoms. The Kier molecular flexibility index (Phi) is 6.04. The lowest BCUT2D eigenvalue weighted by molar-refractivity contribution is -0.148. The Morgan fingerprint density at radius 1 is 0.974 bits per heavy atom. The highest BCUT2D eigenvalue weighted by Gasteiger charge is 2.47. The Labute approximate surface area is 219 Å². The van der Waals surface area contributed by atoms with Gasteiger partial charge in [-0.1, -0.05) is 18.2 Å². The van der Waals surface area contributed by atoms with E-state index in [4.69, 9.17) is 0 Å². The molecule has 3 aliphatic carbocycles. The minimum Gasteiger partial charge on any atom is -0.481 e. The van der Waals surface area contributed by atoms with Gasteiger partial charge in [0.1, 0.15) is 17.5 Å². The van der Waals surface area contributed by atoms with Crippen molar-refractivity contribution in [3.8, 4) is 22.6 Å². The van der Waals surface area contributed by atoms with Gasteiger partial charge in [0.15, 0.2) is 5.82 Å². The zero-order valence-electron chi connectivity index (χ0n) is 20.4. The third-order valence-electron chi connectivity index (χ3n) is 8.00. The van der Waals surface area contributed by atoms with Crippen LogP contribution in [0.3, 0.4) is 0 Å². The average Bonchev–Trinajstić information content (AvgIpc) is 3.33. The number of rotatable bonds is 5. The molecule has 2 heterocycles. The first-order chi connectivity index (χ1) is 18.6. The number of aromatic nitrogens is 3. The minimum atomic E-state index is -4.67. The summed E-state index contributed by atoms with van der Waals surface area (Å²) in [6.07, 6.45) is 0.00823. The van der Waals surface area contributed by atoms with Gasteiger partial charge in [0, 0.05) is 40.9 Å². The first-order valence-corrected chi connectivity index (χ1v) is 12.6. The number of nitrogens with one attached hydrogen (secondary N) is 2. The van der Waals surface area contributed by atoms with Crippen LogP contribution in [0.1, 0.15) is 31.2 Å². The van der Waals surface area contributed by atoms with E-state index >= 15 is 0 Å². The molecule has 0 amide bonds. The van der Waals surface area contributed by atoms with Gasteiger partial charge < -0.3 is 15.4 Å². The summed E-state index contributed by atoms with van der Waals surface area (Å²) in [6.45, 7) is 0. The topological polar surface area (TPSA) is 90.9 Å². The molecular formula is C28H23F5N4O2. The number of hydrogen-bond donors (Lipinski definition) is 3. The van der Waals surface area contributed by atoms with Crippen molar-refractivity contribution >= 4 is 22.7 Å². The molecule has 3 aliphatic rings. The van der Waals surface area contributed by atoms with Gasteiger partial charge in [-0.15, -0.1) is 0 Å². The summed E-state index contributed by atoms with van der Waals surface area (Å²) in [5, 5.41) is 13.3. The molecule has 0 aliphatic heterocycles. The number of hydrogen-bond acceptors (Lipinski definition) is 4. The van der Waals surface area contributed by atoms with Crippen molar-refractivity contribution in [2.45, 2.75) is 37.9 Å². The molecule has 6 nitrogen and oxygen atoms in total. The van der Waals surface area contributed by atoms with Crippen LogP contribution >= 0.6 is 0 Å². The lowest BCUT2D eigenvalue weighted by atomic mass is 9.61. The number of carboxylic acids is 1. The summed E-state index contributed by atoms with van der Waals surface area (Å²) in [6, 6.07) is 7.67. The van der Waals surface area contributed by atoms with Gasteiger partial charge >= 0.3 is 12.1 Å². The lowest BCUT2D eigenvalue weighted by Gasteiger charge is -2.47. The number of halogens is 5. The smallest absolute Gasteiger partial charge is 0.417 e. The molecule has 11 heteroatoms. The standard InChI is InChI=1S/C28H23F5N4O2/c29-15-9-17-18(12-34-25(17)20(30)10-15)26-35-21(16-3-1-2-4-19(16)28(31,32)33)11-22(37-26)36-24-14-7-5-13(6-8-14)23(24)27(38)39/h1-4,9-14,23-24,34H,5-8H2,(H,38,39)(H,35,36,37). The molecule has 2 atom stereocenters. The van der Waals surface area contributed by atoms with Crippen LogP contribution in [0.15, 0.2) is 48.7 Å². The molecule has 3 N–H and O–H groups in total. The molecule has 7 rings (SSSR count). The van der Waals surface area contributed by atoms with Crippen LogP contribution in [0.5, 0.6) is 0 Å². The molecule has 0 saturated heterocycles. The lowest BCUT2D eigenvalue weighted by Crippen LogP contribution is -2.51. The Hall–Kier alpha value is -4.02. The predicted molar refractivity (Wildman–Crippen MR) is 134 cm³/mol. The van der Waals surface area contributed by atoms with Crippen molar-refractivity contribution in [2.24, 2.45) is 17.8 Å². The summed E-state index contributed by atoms with van der Waals surface area (Å²) < 4.78 is 70.2. The molecule has 2 aromatic carbocycles. The van der Waals surface area contributed by atoms with E-state index < -0.39 is 41.3 Å². The van der Waals surface area contributed by atoms with E-state index in [1.807, 2.05) is 0 Å². The Morgan fingerprint density at radius 3 is 2.41 bits per heavy atom. The van der Waals surface area contributed by atoms with Crippen LogP contribution in [0, 0.1) is 29.4 Å². The quantitative estimate of drug-likeness (QED) is 0.239. The van der Waals surface area contributed by atoms with Crippen molar-refractivity contribution in [3.05, 3.63) is 65.9 Å². The number of benzene rings is 2. The van der Waals surface area contributed by atoms with E-state index in [0.29, 0.717) is 0 Å². The summed E-state index contributed by atoms with van der Waals surface area (Å²) in [4.78, 5) is 23.8. The van der Waals surface area contributed by atoms with Gasteiger partial charge in [0.05, 0.1) is 22.7 Å². The monoisotopic (exact) mass is 542 g/mol. The van der Waals surface area contributed by atoms with Gasteiger partial charge in [-0.05, 0) is 49.7 Å². The maximum Gasteiger partial charge on any atom is 0.417 e. The fourth-order valence-corrected chi connectivity index (χ4v) is 6.26. The second-order valence-electron chi connectivity index (χ2n) is 10.2. The van der Waals surface area contributed by atoms with E-state index in [1.54, 1.807) is 0 Å². The van der Waals surface area contributed by atoms with Crippen molar-refractivity contribution in [2.75, 3.05) is 5.32 Å². The first-order valence-electron chi connectivity index (χ1n) is 12.6. The molecule has 39 heavy (non-hydrogen) atoms. The summed E-state index contributed by atoms with van der Waals surface area (Å²) >= 11 is 0. The number of H-pyrrole nitrogens is 1. The van der Waals surface area contributed by atoms with Crippen molar-refractivity contribution < 1.29 is 31.9 Å². The maximum absolute atomic E-state index is 14.4. The Morgan fingerprint density at radius 2 is 1.69 bits per heavy atom. The number of aromatic amines is 1. The molecule has 2 aromatic heterocycles. The molecule has 4 aromatic rings. The van der Waals surface area contributed by atoms with E-state index in [0.717, 1.165) is 43.9 Å². The molecular weight excluding hydrogens is 519 g/mol. The van der Waals surface area contributed by atoms with Crippen LogP contribution in [-0.4, -0.2) is 32.1 Å². The van der Waals surface area contributed by atoms with Crippen molar-refractivity contribution in [1.82, 2.24) is 15.0 Å². The van der Waals surface area contributed by atoms with Gasteiger partial charge in [-0.25, -0.2) is 18.7 Å². The number of aliphatic carboxylic acids is 1. The summed E-state index contributed by atoms with van der Waals surface area (Å²) in [7, 11) is 0. The second-order valence-corrected chi connectivity index (χ2v) is 10.2. The molecule has 2 unspecified atom stereocenters. The Balaban J connectivity index is 1.52. The van der Waals surface area contributed by atoms with Gasteiger partial charge in [-0.3, -0.25) is 4.79 Å². The first kappa shape index (κ1) is 25.3. The van der Waals surface area contributed by atoms with Crippen LogP contribution < -0.4 is 5.32 Å². The van der Waals surface area contributed by atoms with Crippen LogP contribution in [0.2, 0.25) is 0 Å². The minimum absolute atomic E-state index is 0.00105. The molecule has 202 valence electrons. The highest BCUT2D eigenvalue weighted by molar-refractivity contribution is 5.94. The van der Waals surface area contributed by atoms with Gasteiger partial charge in [-0.2, -0.15) is 13.2 Å². The highest BCUT2D eigenvalue weighted by Crippen LogP contribution is 2.47. The molecule has 2 bridgehead atoms. The average molecular weight is 543 g/mol. The number of carboxylic acid groups (broad SMARTS) is 1. The maximum atomic E-state index is 14.4. The van der Waals surface area contributed by atoms with Crippen LogP contribution in [0.4, 0.5) is 27.8 Å². The number of anilines is 1. The highest BCUT2D eigenvalue weighted by atomic mass is 19.4. The zero-order valence-corrected chi connectivity index (χ0v) is 20.4. The predicted octanol–water partition coefficient (Wildman–Crippen LogP) is 6.89. The fraction of sp³-hybridized carbons (Fsp3) is 0.321. The largest absolute Gasteiger partial charge is 0.481 e. The van der Waals surface area contributed by atoms with Crippen LogP contribution in [-0.2, 0) is 11.0 Å². The summed E-state index contributed by atoms with van der Waals surface area (Å²) in [5.74, 6) is -3.12. The van der Waals surface area contributed by atoms with E-state index in [-0.39, 0.29) is 51.2 Å². The molecule has 3 fully saturated rings.